The summed E-state index contributed by atoms with van der Waals surface area (Å²) in [5.41, 5.74) is 0.264. The Morgan fingerprint density at radius 2 is 2.12 bits per heavy atom. The van der Waals surface area contributed by atoms with Crippen LogP contribution < -0.4 is 0 Å². The van der Waals surface area contributed by atoms with Gasteiger partial charge in [-0.2, -0.15) is 0 Å². The van der Waals surface area contributed by atoms with E-state index in [1.54, 1.807) is 6.92 Å². The van der Waals surface area contributed by atoms with E-state index in [4.69, 9.17) is 9.47 Å². The van der Waals surface area contributed by atoms with Gasteiger partial charge in [-0.05, 0) is 37.2 Å². The van der Waals surface area contributed by atoms with E-state index in [-0.39, 0.29) is 31.8 Å². The molecule has 0 spiro atoms. The Hall–Kier alpha value is -2.14. The van der Waals surface area contributed by atoms with Crippen molar-refractivity contribution in [3.63, 3.8) is 0 Å². The third-order valence-electron chi connectivity index (χ3n) is 5.92. The van der Waals surface area contributed by atoms with Crippen LogP contribution in [-0.4, -0.2) is 29.8 Å². The maximum Gasteiger partial charge on any atom is 0.314 e. The number of hydrogen-bond donors (Lipinski definition) is 1. The third-order valence-corrected chi connectivity index (χ3v) is 5.92. The van der Waals surface area contributed by atoms with Crippen molar-refractivity contribution in [3.8, 4) is 0 Å². The Kier molecular flexibility index (Phi) is 5.19. The molecule has 0 aromatic heterocycles. The first-order valence-electron chi connectivity index (χ1n) is 9.18. The molecule has 6 atom stereocenters. The van der Waals surface area contributed by atoms with Gasteiger partial charge in [0.1, 0.15) is 0 Å². The Bertz CT molecular complexity index is 691. The fourth-order valence-electron chi connectivity index (χ4n) is 4.88. The van der Waals surface area contributed by atoms with E-state index in [2.05, 4.69) is 13.5 Å². The summed E-state index contributed by atoms with van der Waals surface area (Å²) in [5.74, 6) is -1.59. The second-order valence-electron chi connectivity index (χ2n) is 7.40. The molecule has 0 unspecified atom stereocenters. The minimum atomic E-state index is -0.861. The second-order valence-corrected chi connectivity index (χ2v) is 7.40. The Labute approximate surface area is 155 Å². The summed E-state index contributed by atoms with van der Waals surface area (Å²) >= 11 is 0. The summed E-state index contributed by atoms with van der Waals surface area (Å²) in [4.78, 5) is 25.2. The summed E-state index contributed by atoms with van der Waals surface area (Å²) in [5, 5.41) is 10.5. The van der Waals surface area contributed by atoms with Gasteiger partial charge in [-0.15, -0.1) is 0 Å². The van der Waals surface area contributed by atoms with Crippen LogP contribution >= 0.6 is 0 Å². The number of aliphatic hydroxyl groups is 1. The SMILES string of the molecule is C=COC(=O)[C@H]1[C@H]2[C@@H]1[C@](C[C@H](C)c1ccccc1)(C(=O)OCC)C[C@@H]2O.[HH]. The third kappa shape index (κ3) is 3.05. The summed E-state index contributed by atoms with van der Waals surface area (Å²) in [6.45, 7) is 7.52. The first-order valence-corrected chi connectivity index (χ1v) is 9.18. The van der Waals surface area contributed by atoms with Crippen LogP contribution in [-0.2, 0) is 19.1 Å². The maximum absolute atomic E-state index is 12.9. The monoisotopic (exact) mass is 360 g/mol. The van der Waals surface area contributed by atoms with Crippen LogP contribution in [0.2, 0.25) is 0 Å². The Morgan fingerprint density at radius 1 is 1.42 bits per heavy atom. The molecule has 5 heteroatoms. The van der Waals surface area contributed by atoms with Gasteiger partial charge in [0.2, 0.25) is 0 Å². The van der Waals surface area contributed by atoms with Crippen molar-refractivity contribution in [1.29, 1.82) is 0 Å². The van der Waals surface area contributed by atoms with Crippen LogP contribution in [0, 0.1) is 23.2 Å². The van der Waals surface area contributed by atoms with Crippen molar-refractivity contribution in [2.75, 3.05) is 6.61 Å². The smallest absolute Gasteiger partial charge is 0.314 e. The van der Waals surface area contributed by atoms with Gasteiger partial charge in [-0.25, -0.2) is 0 Å². The van der Waals surface area contributed by atoms with Crippen LogP contribution in [0.4, 0.5) is 0 Å². The van der Waals surface area contributed by atoms with Crippen LogP contribution in [0.25, 0.3) is 0 Å². The molecular formula is C21H28O5. The molecule has 2 fully saturated rings. The van der Waals surface area contributed by atoms with Crippen molar-refractivity contribution in [2.45, 2.75) is 38.7 Å². The molecular weight excluding hydrogens is 332 g/mol. The quantitative estimate of drug-likeness (QED) is 0.597. The van der Waals surface area contributed by atoms with Gasteiger partial charge in [0.15, 0.2) is 0 Å². The molecule has 0 radical (unpaired) electrons. The minimum absolute atomic E-state index is 0. The van der Waals surface area contributed by atoms with Gasteiger partial charge in [-0.3, -0.25) is 9.59 Å². The highest BCUT2D eigenvalue weighted by Gasteiger charge is 2.75. The van der Waals surface area contributed by atoms with Gasteiger partial charge >= 0.3 is 11.9 Å². The molecule has 2 aliphatic rings. The number of aliphatic hydroxyl groups excluding tert-OH is 1. The number of esters is 2. The number of carbonyl (C=O) groups is 2. The van der Waals surface area contributed by atoms with Crippen LogP contribution in [0.5, 0.6) is 0 Å². The number of fused-ring (bicyclic) bond motifs is 1. The molecule has 0 aliphatic heterocycles. The molecule has 1 aromatic carbocycles. The predicted octanol–water partition coefficient (Wildman–Crippen LogP) is 3.29. The minimum Gasteiger partial charge on any atom is -0.466 e. The number of rotatable bonds is 7. The highest BCUT2D eigenvalue weighted by atomic mass is 16.5. The maximum atomic E-state index is 12.9. The summed E-state index contributed by atoms with van der Waals surface area (Å²) < 4.78 is 10.3. The van der Waals surface area contributed by atoms with E-state index in [0.717, 1.165) is 11.8 Å². The standard InChI is InChI=1S/C21H26O5.H2/c1-4-25-19(23)17-16-15(22)12-21(18(16)17,20(24)26-5-2)11-13(3)14-9-7-6-8-10-14;/h4,6-10,13,15-18,22H,1,5,11-12H2,2-3H3;1H/t13-,15-,16-,17-,18-,21+;/m0./s1. The van der Waals surface area contributed by atoms with E-state index < -0.39 is 23.4 Å². The van der Waals surface area contributed by atoms with Crippen molar-refractivity contribution in [2.24, 2.45) is 23.2 Å². The number of carbonyl (C=O) groups excluding carboxylic acids is 2. The normalized spacial score (nSPS) is 33.0. The van der Waals surface area contributed by atoms with Crippen molar-refractivity contribution in [1.82, 2.24) is 0 Å². The molecule has 3 rings (SSSR count). The first-order chi connectivity index (χ1) is 12.5. The molecule has 1 N–H and O–H groups in total. The zero-order valence-corrected chi connectivity index (χ0v) is 15.3. The van der Waals surface area contributed by atoms with E-state index in [1.807, 2.05) is 30.3 Å². The molecule has 0 amide bonds. The Balaban J connectivity index is 0.00000261. The average molecular weight is 360 g/mol. The first kappa shape index (κ1) is 18.6. The molecule has 0 bridgehead atoms. The average Bonchev–Trinajstić information content (AvgIpc) is 3.32. The summed E-state index contributed by atoms with van der Waals surface area (Å²) in [7, 11) is 0. The molecule has 2 aliphatic carbocycles. The highest BCUT2D eigenvalue weighted by molar-refractivity contribution is 5.84. The lowest BCUT2D eigenvalue weighted by molar-refractivity contribution is -0.159. The van der Waals surface area contributed by atoms with Gasteiger partial charge in [0.05, 0.1) is 30.3 Å². The lowest BCUT2D eigenvalue weighted by Gasteiger charge is -2.33. The van der Waals surface area contributed by atoms with E-state index in [1.165, 1.54) is 0 Å². The lowest BCUT2D eigenvalue weighted by atomic mass is 9.72. The zero-order valence-electron chi connectivity index (χ0n) is 15.3. The Morgan fingerprint density at radius 3 is 2.73 bits per heavy atom. The fourth-order valence-corrected chi connectivity index (χ4v) is 4.88. The van der Waals surface area contributed by atoms with E-state index in [0.29, 0.717) is 12.8 Å². The topological polar surface area (TPSA) is 72.8 Å². The van der Waals surface area contributed by atoms with E-state index in [9.17, 15) is 14.7 Å². The molecule has 142 valence electrons. The number of benzene rings is 1. The summed E-state index contributed by atoms with van der Waals surface area (Å²) in [6.07, 6.45) is 1.26. The van der Waals surface area contributed by atoms with E-state index >= 15 is 0 Å². The fraction of sp³-hybridized carbons (Fsp3) is 0.524. The van der Waals surface area contributed by atoms with Crippen molar-refractivity contribution in [3.05, 3.63) is 48.7 Å². The summed E-state index contributed by atoms with van der Waals surface area (Å²) in [6, 6.07) is 9.95. The van der Waals surface area contributed by atoms with Crippen molar-refractivity contribution < 1.29 is 25.6 Å². The van der Waals surface area contributed by atoms with Crippen LogP contribution in [0.1, 0.15) is 39.6 Å². The van der Waals surface area contributed by atoms with Crippen LogP contribution in [0.3, 0.4) is 0 Å². The highest BCUT2D eigenvalue weighted by Crippen LogP contribution is 2.69. The molecule has 2 saturated carbocycles. The van der Waals surface area contributed by atoms with Crippen LogP contribution in [0.15, 0.2) is 43.2 Å². The van der Waals surface area contributed by atoms with Gasteiger partial charge in [0.25, 0.3) is 0 Å². The molecule has 1 aromatic rings. The largest absolute Gasteiger partial charge is 0.466 e. The predicted molar refractivity (Wildman–Crippen MR) is 98.0 cm³/mol. The molecule has 5 nitrogen and oxygen atoms in total. The molecule has 26 heavy (non-hydrogen) atoms. The molecule has 0 heterocycles. The number of ether oxygens (including phenoxy) is 2. The van der Waals surface area contributed by atoms with Gasteiger partial charge < -0.3 is 14.6 Å². The number of hydrogen-bond acceptors (Lipinski definition) is 5. The molecule has 0 saturated heterocycles. The lowest BCUT2D eigenvalue weighted by Crippen LogP contribution is -2.38. The second kappa shape index (κ2) is 7.23. The zero-order chi connectivity index (χ0) is 18.9. The van der Waals surface area contributed by atoms with Gasteiger partial charge in [0, 0.05) is 7.34 Å². The van der Waals surface area contributed by atoms with Gasteiger partial charge in [-0.1, -0.05) is 43.8 Å². The van der Waals surface area contributed by atoms with Crippen molar-refractivity contribution >= 4 is 11.9 Å².